The number of nitrogens with zero attached hydrogens (tertiary/aromatic N) is 2. The molecule has 0 saturated heterocycles. The minimum absolute atomic E-state index is 0.0606. The first kappa shape index (κ1) is 16.8. The standard InChI is InChI=1S/C16H20N2O/c1-7-10-13(11-17-6)15(19)16(4,5)14(8-2)12-18-9-3/h3,7-8,10-12H,6H2,1-2,4-5H3/b10-7-,13-11+,14-8+,18-12?. The largest absolute Gasteiger partial charge is 0.293 e. The van der Waals surface area contributed by atoms with E-state index in [1.165, 1.54) is 12.4 Å². The maximum absolute atomic E-state index is 12.5. The fraction of sp³-hybridized carbons (Fsp3) is 0.312. The molecule has 0 aromatic carbocycles. The monoisotopic (exact) mass is 256 g/mol. The highest BCUT2D eigenvalue weighted by Gasteiger charge is 2.32. The summed E-state index contributed by atoms with van der Waals surface area (Å²) >= 11 is 0. The summed E-state index contributed by atoms with van der Waals surface area (Å²) in [5.74, 6) is -0.0606. The van der Waals surface area contributed by atoms with Gasteiger partial charge >= 0.3 is 0 Å². The number of rotatable bonds is 6. The summed E-state index contributed by atoms with van der Waals surface area (Å²) in [6.45, 7) is 10.7. The van der Waals surface area contributed by atoms with Crippen LogP contribution in [0.3, 0.4) is 0 Å². The third-order valence-corrected chi connectivity index (χ3v) is 2.72. The van der Waals surface area contributed by atoms with E-state index in [4.69, 9.17) is 6.42 Å². The number of carbonyl (C=O) groups is 1. The highest BCUT2D eigenvalue weighted by molar-refractivity contribution is 6.07. The average molecular weight is 256 g/mol. The molecule has 100 valence electrons. The van der Waals surface area contributed by atoms with E-state index in [0.717, 1.165) is 5.57 Å². The molecule has 0 unspecified atom stereocenters. The van der Waals surface area contributed by atoms with Crippen LogP contribution in [0.5, 0.6) is 0 Å². The molecule has 0 aliphatic carbocycles. The van der Waals surface area contributed by atoms with Gasteiger partial charge in [-0.15, -0.1) is 0 Å². The number of terminal acetylenes is 1. The second-order valence-electron chi connectivity index (χ2n) is 4.35. The Balaban J connectivity index is 5.58. The lowest BCUT2D eigenvalue weighted by molar-refractivity contribution is -0.121. The number of Topliss-reactive ketones (excluding diaryl/α,β-unsaturated/α-hetero) is 1. The molecule has 0 fully saturated rings. The predicted molar refractivity (Wildman–Crippen MR) is 82.3 cm³/mol. The molecule has 3 nitrogen and oxygen atoms in total. The Morgan fingerprint density at radius 2 is 2.00 bits per heavy atom. The zero-order valence-electron chi connectivity index (χ0n) is 12.0. The fourth-order valence-corrected chi connectivity index (χ4v) is 1.65. The number of allylic oxidation sites excluding steroid dienone is 5. The van der Waals surface area contributed by atoms with Crippen LogP contribution in [0.15, 0.2) is 45.6 Å². The van der Waals surface area contributed by atoms with Crippen molar-refractivity contribution in [1.82, 2.24) is 0 Å². The zero-order valence-corrected chi connectivity index (χ0v) is 12.0. The predicted octanol–water partition coefficient (Wildman–Crippen LogP) is 3.35. The van der Waals surface area contributed by atoms with Crippen LogP contribution in [0.25, 0.3) is 0 Å². The maximum atomic E-state index is 12.5. The van der Waals surface area contributed by atoms with Crippen LogP contribution in [0, 0.1) is 17.9 Å². The fourth-order valence-electron chi connectivity index (χ4n) is 1.65. The first-order chi connectivity index (χ1) is 8.95. The molecule has 0 N–H and O–H groups in total. The molecule has 0 aromatic heterocycles. The Bertz CT molecular complexity index is 497. The van der Waals surface area contributed by atoms with E-state index in [9.17, 15) is 4.79 Å². The summed E-state index contributed by atoms with van der Waals surface area (Å²) in [5.41, 5.74) is 0.524. The van der Waals surface area contributed by atoms with E-state index >= 15 is 0 Å². The van der Waals surface area contributed by atoms with Crippen molar-refractivity contribution in [2.45, 2.75) is 27.7 Å². The van der Waals surface area contributed by atoms with Gasteiger partial charge < -0.3 is 0 Å². The third kappa shape index (κ3) is 4.51. The van der Waals surface area contributed by atoms with Crippen molar-refractivity contribution < 1.29 is 4.79 Å². The van der Waals surface area contributed by atoms with Crippen LogP contribution in [-0.4, -0.2) is 18.7 Å². The van der Waals surface area contributed by atoms with Crippen LogP contribution >= 0.6 is 0 Å². The van der Waals surface area contributed by atoms with Crippen molar-refractivity contribution in [3.8, 4) is 12.5 Å². The van der Waals surface area contributed by atoms with E-state index in [2.05, 4.69) is 22.7 Å². The van der Waals surface area contributed by atoms with Crippen LogP contribution in [0.1, 0.15) is 27.7 Å². The molecule has 0 rings (SSSR count). The molecular formula is C16H20N2O. The van der Waals surface area contributed by atoms with E-state index in [0.29, 0.717) is 5.57 Å². The van der Waals surface area contributed by atoms with Gasteiger partial charge in [0.05, 0.1) is 5.41 Å². The van der Waals surface area contributed by atoms with Gasteiger partial charge in [0.1, 0.15) is 0 Å². The highest BCUT2D eigenvalue weighted by Crippen LogP contribution is 2.29. The molecule has 0 aromatic rings. The lowest BCUT2D eigenvalue weighted by atomic mass is 9.77. The second-order valence-corrected chi connectivity index (χ2v) is 4.35. The lowest BCUT2D eigenvalue weighted by Gasteiger charge is -2.24. The Morgan fingerprint density at radius 3 is 2.42 bits per heavy atom. The van der Waals surface area contributed by atoms with Crippen LogP contribution in [-0.2, 0) is 4.79 Å². The summed E-state index contributed by atoms with van der Waals surface area (Å²) < 4.78 is 0. The first-order valence-electron chi connectivity index (χ1n) is 5.94. The van der Waals surface area contributed by atoms with Crippen molar-refractivity contribution in [1.29, 1.82) is 0 Å². The average Bonchev–Trinajstić information content (AvgIpc) is 2.38. The van der Waals surface area contributed by atoms with E-state index in [1.54, 1.807) is 12.2 Å². The Labute approximate surface area is 115 Å². The minimum atomic E-state index is -0.731. The van der Waals surface area contributed by atoms with Gasteiger partial charge in [0, 0.05) is 24.0 Å². The molecule has 0 radical (unpaired) electrons. The van der Waals surface area contributed by atoms with Crippen LogP contribution in [0.2, 0.25) is 0 Å². The highest BCUT2D eigenvalue weighted by atomic mass is 16.1. The molecule has 0 bridgehead atoms. The number of hydrogen-bond donors (Lipinski definition) is 0. The van der Waals surface area contributed by atoms with Crippen LogP contribution in [0.4, 0.5) is 0 Å². The van der Waals surface area contributed by atoms with E-state index in [1.807, 2.05) is 33.8 Å². The molecule has 0 heterocycles. The van der Waals surface area contributed by atoms with E-state index in [-0.39, 0.29) is 5.78 Å². The summed E-state index contributed by atoms with van der Waals surface area (Å²) in [4.78, 5) is 20.0. The van der Waals surface area contributed by atoms with Gasteiger partial charge in [0.25, 0.3) is 0 Å². The molecule has 3 heteroatoms. The summed E-state index contributed by atoms with van der Waals surface area (Å²) in [7, 11) is 0. The summed E-state index contributed by atoms with van der Waals surface area (Å²) in [6.07, 6.45) is 13.4. The molecular weight excluding hydrogens is 236 g/mol. The lowest BCUT2D eigenvalue weighted by Crippen LogP contribution is -2.28. The number of carbonyl (C=O) groups excluding carboxylic acids is 1. The van der Waals surface area contributed by atoms with Crippen molar-refractivity contribution in [3.05, 3.63) is 35.6 Å². The topological polar surface area (TPSA) is 41.8 Å². The first-order valence-corrected chi connectivity index (χ1v) is 5.94. The minimum Gasteiger partial charge on any atom is -0.293 e. The summed E-state index contributed by atoms with van der Waals surface area (Å²) in [6, 6.07) is 2.18. The number of ketones is 1. The third-order valence-electron chi connectivity index (χ3n) is 2.72. The van der Waals surface area contributed by atoms with Crippen molar-refractivity contribution in [2.24, 2.45) is 15.4 Å². The molecule has 0 amide bonds. The SMILES string of the molecule is C#CN=C/C(=C\C)C(C)(C)C(=O)C(/C=C\C)=C/N=C. The second kappa shape index (κ2) is 7.99. The molecule has 0 spiro atoms. The van der Waals surface area contributed by atoms with Gasteiger partial charge in [-0.1, -0.05) is 24.7 Å². The molecule has 19 heavy (non-hydrogen) atoms. The van der Waals surface area contributed by atoms with Gasteiger partial charge in [0.15, 0.2) is 5.78 Å². The van der Waals surface area contributed by atoms with Gasteiger partial charge in [-0.25, -0.2) is 4.99 Å². The number of aliphatic imine (C=N–C) groups is 2. The molecule has 0 atom stereocenters. The Morgan fingerprint density at radius 1 is 1.37 bits per heavy atom. The molecule has 0 saturated carbocycles. The van der Waals surface area contributed by atoms with Crippen molar-refractivity contribution in [3.63, 3.8) is 0 Å². The molecule has 0 aliphatic rings. The summed E-state index contributed by atoms with van der Waals surface area (Å²) in [5, 5.41) is 0. The van der Waals surface area contributed by atoms with Gasteiger partial charge in [-0.05, 0) is 40.0 Å². The number of hydrogen-bond acceptors (Lipinski definition) is 3. The smallest absolute Gasteiger partial charge is 0.174 e. The van der Waals surface area contributed by atoms with Crippen molar-refractivity contribution in [2.75, 3.05) is 0 Å². The Hall–Kier alpha value is -2.21. The zero-order chi connectivity index (χ0) is 14.9. The van der Waals surface area contributed by atoms with Gasteiger partial charge in [-0.3, -0.25) is 9.79 Å². The van der Waals surface area contributed by atoms with Gasteiger partial charge in [0.2, 0.25) is 0 Å². The molecule has 0 aliphatic heterocycles. The Kier molecular flexibility index (Phi) is 7.06. The van der Waals surface area contributed by atoms with Crippen LogP contribution < -0.4 is 0 Å². The normalized spacial score (nSPS) is 13.8. The van der Waals surface area contributed by atoms with Gasteiger partial charge in [-0.2, -0.15) is 0 Å². The quantitative estimate of drug-likeness (QED) is 0.311. The van der Waals surface area contributed by atoms with Crippen molar-refractivity contribution >= 4 is 18.7 Å². The maximum Gasteiger partial charge on any atom is 0.174 e. The van der Waals surface area contributed by atoms with E-state index < -0.39 is 5.41 Å².